The van der Waals surface area contributed by atoms with Crippen molar-refractivity contribution in [3.05, 3.63) is 36.5 Å². The fourth-order valence-corrected chi connectivity index (χ4v) is 3.27. The quantitative estimate of drug-likeness (QED) is 0.333. The Morgan fingerprint density at radius 2 is 1.88 bits per heavy atom. The van der Waals surface area contributed by atoms with Crippen molar-refractivity contribution in [2.24, 2.45) is 11.8 Å². The molecule has 0 aromatic heterocycles. The number of Topliss-reactive ketones (excluding diaryl/α,β-unsaturated/α-hetero) is 1. The maximum atomic E-state index is 12.1. The number of allylic oxidation sites excluding steroid dienone is 6. The van der Waals surface area contributed by atoms with Crippen LogP contribution in [0.5, 0.6) is 0 Å². The molecule has 1 aliphatic rings. The standard InChI is InChI=1S/C22H34O4/c1-4-5-6-7-8-10-13-18-15-16-20(23)19(18)14-11-9-12-17-22(2,25)21(24)26-3/h5-6,9-11,13,18-19,25H,4,7-8,12,14-17H2,1-3H3/b6-5-,11-9-,13-10+/t18-,19+,22?/m0/s1. The number of carbonyl (C=O) groups excluding carboxylic acids is 2. The van der Waals surface area contributed by atoms with Gasteiger partial charge in [-0.15, -0.1) is 0 Å². The van der Waals surface area contributed by atoms with Gasteiger partial charge in [-0.25, -0.2) is 4.79 Å². The van der Waals surface area contributed by atoms with Crippen molar-refractivity contribution >= 4 is 11.8 Å². The first-order chi connectivity index (χ1) is 12.4. The summed E-state index contributed by atoms with van der Waals surface area (Å²) in [6.45, 7) is 3.59. The van der Waals surface area contributed by atoms with E-state index in [9.17, 15) is 14.7 Å². The first-order valence-electron chi connectivity index (χ1n) is 9.72. The molecular weight excluding hydrogens is 328 g/mol. The Morgan fingerprint density at radius 3 is 2.58 bits per heavy atom. The molecule has 0 bridgehead atoms. The monoisotopic (exact) mass is 362 g/mol. The van der Waals surface area contributed by atoms with Crippen LogP contribution in [0.2, 0.25) is 0 Å². The van der Waals surface area contributed by atoms with Gasteiger partial charge in [0.1, 0.15) is 5.78 Å². The minimum absolute atomic E-state index is 0.0646. The summed E-state index contributed by atoms with van der Waals surface area (Å²) in [4.78, 5) is 23.6. The highest BCUT2D eigenvalue weighted by atomic mass is 16.5. The molecular formula is C22H34O4. The van der Waals surface area contributed by atoms with Crippen molar-refractivity contribution < 1.29 is 19.4 Å². The average molecular weight is 363 g/mol. The molecule has 1 saturated carbocycles. The number of unbranched alkanes of at least 4 members (excludes halogenated alkanes) is 1. The minimum atomic E-state index is -1.46. The van der Waals surface area contributed by atoms with Gasteiger partial charge in [0, 0.05) is 12.3 Å². The van der Waals surface area contributed by atoms with Gasteiger partial charge in [-0.2, -0.15) is 0 Å². The zero-order valence-corrected chi connectivity index (χ0v) is 16.4. The number of rotatable bonds is 11. The minimum Gasteiger partial charge on any atom is -0.467 e. The third-order valence-corrected chi connectivity index (χ3v) is 4.92. The highest BCUT2D eigenvalue weighted by molar-refractivity contribution is 5.83. The van der Waals surface area contributed by atoms with E-state index < -0.39 is 11.6 Å². The molecule has 1 unspecified atom stereocenters. The predicted molar refractivity (Wildman–Crippen MR) is 105 cm³/mol. The summed E-state index contributed by atoms with van der Waals surface area (Å²) in [5.74, 6) is 0.128. The maximum Gasteiger partial charge on any atom is 0.337 e. The Hall–Kier alpha value is -1.68. The largest absolute Gasteiger partial charge is 0.467 e. The SMILES string of the molecule is CC/C=C\CC/C=C/[C@H]1CCC(=O)[C@@H]1C/C=C\CCC(C)(O)C(=O)OC. The number of ketones is 1. The highest BCUT2D eigenvalue weighted by Crippen LogP contribution is 2.33. The number of esters is 1. The number of methoxy groups -OCH3 is 1. The molecule has 146 valence electrons. The smallest absolute Gasteiger partial charge is 0.337 e. The van der Waals surface area contributed by atoms with Gasteiger partial charge < -0.3 is 9.84 Å². The molecule has 1 fully saturated rings. The molecule has 4 nitrogen and oxygen atoms in total. The summed E-state index contributed by atoms with van der Waals surface area (Å²) in [6.07, 6.45) is 19.1. The second kappa shape index (κ2) is 11.8. The van der Waals surface area contributed by atoms with Crippen molar-refractivity contribution in [1.29, 1.82) is 0 Å². The van der Waals surface area contributed by atoms with Crippen molar-refractivity contribution in [2.45, 2.75) is 70.8 Å². The summed E-state index contributed by atoms with van der Waals surface area (Å²) in [5.41, 5.74) is -1.46. The summed E-state index contributed by atoms with van der Waals surface area (Å²) in [7, 11) is 1.27. The Morgan fingerprint density at radius 1 is 1.19 bits per heavy atom. The van der Waals surface area contributed by atoms with Crippen LogP contribution in [-0.2, 0) is 14.3 Å². The summed E-state index contributed by atoms with van der Waals surface area (Å²) in [5, 5.41) is 9.98. The van der Waals surface area contributed by atoms with Crippen LogP contribution in [0.4, 0.5) is 0 Å². The third-order valence-electron chi connectivity index (χ3n) is 4.92. The lowest BCUT2D eigenvalue weighted by Crippen LogP contribution is -2.35. The van der Waals surface area contributed by atoms with Gasteiger partial charge in [0.05, 0.1) is 7.11 Å². The molecule has 0 aliphatic heterocycles. The van der Waals surface area contributed by atoms with Gasteiger partial charge >= 0.3 is 5.97 Å². The zero-order valence-electron chi connectivity index (χ0n) is 16.4. The van der Waals surface area contributed by atoms with Crippen LogP contribution in [0.25, 0.3) is 0 Å². The molecule has 0 spiro atoms. The predicted octanol–water partition coefficient (Wildman–Crippen LogP) is 4.53. The second-order valence-electron chi connectivity index (χ2n) is 7.17. The summed E-state index contributed by atoms with van der Waals surface area (Å²) < 4.78 is 4.58. The lowest BCUT2D eigenvalue weighted by atomic mass is 9.91. The maximum absolute atomic E-state index is 12.1. The molecule has 0 heterocycles. The Bertz CT molecular complexity index is 528. The molecule has 3 atom stereocenters. The first kappa shape index (κ1) is 22.4. The Kier molecular flexibility index (Phi) is 10.2. The lowest BCUT2D eigenvalue weighted by Gasteiger charge is -2.18. The number of aliphatic hydroxyl groups is 1. The number of carbonyl (C=O) groups is 2. The van der Waals surface area contributed by atoms with Gasteiger partial charge in [0.25, 0.3) is 0 Å². The molecule has 26 heavy (non-hydrogen) atoms. The molecule has 0 amide bonds. The van der Waals surface area contributed by atoms with Crippen molar-refractivity contribution in [1.82, 2.24) is 0 Å². The van der Waals surface area contributed by atoms with Crippen LogP contribution in [0.15, 0.2) is 36.5 Å². The normalized spacial score (nSPS) is 23.3. The van der Waals surface area contributed by atoms with Crippen LogP contribution in [0.3, 0.4) is 0 Å². The van der Waals surface area contributed by atoms with E-state index in [0.717, 1.165) is 32.1 Å². The Balaban J connectivity index is 2.41. The van der Waals surface area contributed by atoms with Crippen LogP contribution in [0, 0.1) is 11.8 Å². The number of hydrogen-bond acceptors (Lipinski definition) is 4. The van der Waals surface area contributed by atoms with E-state index in [1.807, 2.05) is 12.2 Å². The van der Waals surface area contributed by atoms with E-state index in [4.69, 9.17) is 0 Å². The number of ether oxygens (including phenoxy) is 1. The molecule has 0 aromatic rings. The molecule has 1 N–H and O–H groups in total. The zero-order chi connectivity index (χ0) is 19.4. The van der Waals surface area contributed by atoms with Crippen LogP contribution < -0.4 is 0 Å². The van der Waals surface area contributed by atoms with Crippen LogP contribution >= 0.6 is 0 Å². The van der Waals surface area contributed by atoms with Crippen LogP contribution in [-0.4, -0.2) is 29.6 Å². The lowest BCUT2D eigenvalue weighted by molar-refractivity contribution is -0.160. The number of hydrogen-bond donors (Lipinski definition) is 1. The fourth-order valence-electron chi connectivity index (χ4n) is 3.27. The summed E-state index contributed by atoms with van der Waals surface area (Å²) in [6, 6.07) is 0. The van der Waals surface area contributed by atoms with E-state index in [-0.39, 0.29) is 5.92 Å². The highest BCUT2D eigenvalue weighted by Gasteiger charge is 2.32. The average Bonchev–Trinajstić information content (AvgIpc) is 2.97. The van der Waals surface area contributed by atoms with E-state index in [1.165, 1.54) is 14.0 Å². The van der Waals surface area contributed by atoms with Crippen molar-refractivity contribution in [3.63, 3.8) is 0 Å². The van der Waals surface area contributed by atoms with Crippen molar-refractivity contribution in [3.8, 4) is 0 Å². The van der Waals surface area contributed by atoms with Gasteiger partial charge in [-0.3, -0.25) is 4.79 Å². The van der Waals surface area contributed by atoms with Gasteiger partial charge in [-0.1, -0.05) is 43.4 Å². The van der Waals surface area contributed by atoms with Gasteiger partial charge in [0.2, 0.25) is 0 Å². The van der Waals surface area contributed by atoms with Gasteiger partial charge in [-0.05, 0) is 57.8 Å². The molecule has 0 radical (unpaired) electrons. The van der Waals surface area contributed by atoms with E-state index >= 15 is 0 Å². The fraction of sp³-hybridized carbons (Fsp3) is 0.636. The molecule has 4 heteroatoms. The summed E-state index contributed by atoms with van der Waals surface area (Å²) >= 11 is 0. The molecule has 0 saturated heterocycles. The van der Waals surface area contributed by atoms with Crippen LogP contribution in [0.1, 0.15) is 65.2 Å². The van der Waals surface area contributed by atoms with Crippen molar-refractivity contribution in [2.75, 3.05) is 7.11 Å². The molecule has 1 aliphatic carbocycles. The van der Waals surface area contributed by atoms with E-state index in [0.29, 0.717) is 31.0 Å². The Labute approximate surface area is 158 Å². The van der Waals surface area contributed by atoms with Gasteiger partial charge in [0.15, 0.2) is 5.60 Å². The topological polar surface area (TPSA) is 63.6 Å². The molecule has 0 aromatic carbocycles. The molecule has 1 rings (SSSR count). The third kappa shape index (κ3) is 7.69. The van der Waals surface area contributed by atoms with E-state index in [1.54, 1.807) is 0 Å². The first-order valence-corrected chi connectivity index (χ1v) is 9.72. The van der Waals surface area contributed by atoms with E-state index in [2.05, 4.69) is 36.0 Å². The second-order valence-corrected chi connectivity index (χ2v) is 7.17.